The van der Waals surface area contributed by atoms with Crippen LogP contribution in [-0.2, 0) is 24.0 Å². The maximum atomic E-state index is 14.1. The number of nitrogens with zero attached hydrogens (tertiary/aromatic N) is 3. The first-order valence-electron chi connectivity index (χ1n) is 34.7. The van der Waals surface area contributed by atoms with E-state index >= 15 is 0 Å². The highest BCUT2D eigenvalue weighted by atomic mass is 31.3. The minimum atomic E-state index is -5.09. The van der Waals surface area contributed by atoms with Gasteiger partial charge in [-0.25, -0.2) is 24.0 Å². The predicted octanol–water partition coefficient (Wildman–Crippen LogP) is 15.7. The molecule has 0 bridgehead atoms. The van der Waals surface area contributed by atoms with Gasteiger partial charge in [0.25, 0.3) is 29.5 Å². The monoisotopic (exact) mass is 1600 g/mol. The third-order valence-corrected chi connectivity index (χ3v) is 25.1. The molecule has 5 amide bonds. The lowest BCUT2D eigenvalue weighted by Crippen LogP contribution is -2.33. The van der Waals surface area contributed by atoms with Crippen LogP contribution in [0, 0.1) is 0 Å². The van der Waals surface area contributed by atoms with E-state index in [0.29, 0.717) is 5.56 Å². The fourth-order valence-electron chi connectivity index (χ4n) is 11.3. The van der Waals surface area contributed by atoms with Crippen LogP contribution in [0.25, 0.3) is 6.08 Å². The Morgan fingerprint density at radius 1 is 0.252 bits per heavy atom. The maximum Gasteiger partial charge on any atom is 0.460 e. The summed E-state index contributed by atoms with van der Waals surface area (Å²) in [6, 6.07) is 64.0. The number of amides is 5. The minimum absolute atomic E-state index is 0.0340. The second-order valence-electron chi connectivity index (χ2n) is 25.0. The molecule has 11 aromatic carbocycles. The first kappa shape index (κ1) is 79.9. The molecule has 32 heteroatoms. The molecule has 0 radical (unpaired) electrons. The van der Waals surface area contributed by atoms with Crippen molar-refractivity contribution >= 4 is 88.4 Å². The number of carboxylic acid groups (broad SMARTS) is 5. The molecule has 0 spiro atoms. The van der Waals surface area contributed by atoms with E-state index in [0.717, 1.165) is 0 Å². The van der Waals surface area contributed by atoms with Crippen molar-refractivity contribution in [2.75, 3.05) is 0 Å². The van der Waals surface area contributed by atoms with Gasteiger partial charge in [0.15, 0.2) is 30.2 Å². The maximum absolute atomic E-state index is 14.1. The molecule has 11 aromatic rings. The van der Waals surface area contributed by atoms with Gasteiger partial charge in [0, 0.05) is 27.8 Å². The van der Waals surface area contributed by atoms with Crippen LogP contribution in [0.1, 0.15) is 115 Å². The summed E-state index contributed by atoms with van der Waals surface area (Å²) in [7, 11) is -15.2. The number of carboxylic acids is 5. The second kappa shape index (κ2) is 36.0. The van der Waals surface area contributed by atoms with E-state index in [1.165, 1.54) is 194 Å². The van der Waals surface area contributed by atoms with Gasteiger partial charge in [0.1, 0.15) is 34.5 Å². The Balaban J connectivity index is 1.06. The van der Waals surface area contributed by atoms with Crippen LogP contribution in [0.3, 0.4) is 0 Å². The van der Waals surface area contributed by atoms with Gasteiger partial charge in [-0.15, -0.1) is 0 Å². The van der Waals surface area contributed by atoms with E-state index < -0.39 is 113 Å². The van der Waals surface area contributed by atoms with Crippen molar-refractivity contribution in [2.45, 2.75) is 30.2 Å². The van der Waals surface area contributed by atoms with Crippen molar-refractivity contribution < 1.29 is 101 Å². The topological polar surface area (TPSA) is 424 Å². The molecule has 0 aromatic heterocycles. The molecule has 29 nitrogen and oxygen atoms in total. The van der Waals surface area contributed by atoms with Crippen molar-refractivity contribution in [1.82, 2.24) is 26.6 Å². The SMILES string of the molecule is C=Cc1ccc(OP2(Oc3ccc(C(=O)NC(C(=O)O)c4ccccc4)cc3)=NP(Oc3ccc(C(=O)NC(C(=O)O)c4ccccc4)cc3)(Oc3ccc(C(=O)NC(C(=O)O)c4ccccc4)cc3)=NP(Oc3ccc(C(=O)NC(C(=O)O)c4ccccc4)cc3)(Oc3ccc(C(=O)NC(C(=O)O)c4ccccc4)cc3)=N2)cc1. The molecule has 0 fully saturated rings. The van der Waals surface area contributed by atoms with E-state index in [9.17, 15) is 73.5 Å². The Kier molecular flexibility index (Phi) is 25.0. The zero-order valence-corrected chi connectivity index (χ0v) is 62.6. The molecule has 1 aliphatic rings. The lowest BCUT2D eigenvalue weighted by molar-refractivity contribution is -0.140. The molecular weight excluding hydrogens is 1540 g/mol. The van der Waals surface area contributed by atoms with E-state index in [1.807, 2.05) is 0 Å². The summed E-state index contributed by atoms with van der Waals surface area (Å²) in [5, 5.41) is 64.2. The normalized spacial score (nSPS) is 16.5. The lowest BCUT2D eigenvalue weighted by atomic mass is 10.1. The minimum Gasteiger partial charge on any atom is -0.479 e. The summed E-state index contributed by atoms with van der Waals surface area (Å²) < 4.78 is 57.9. The van der Waals surface area contributed by atoms with E-state index in [2.05, 4.69) is 33.2 Å². The van der Waals surface area contributed by atoms with Crippen LogP contribution >= 0.6 is 23.0 Å². The van der Waals surface area contributed by atoms with Crippen LogP contribution < -0.4 is 53.7 Å². The van der Waals surface area contributed by atoms with Gasteiger partial charge < -0.3 is 79.3 Å². The van der Waals surface area contributed by atoms with Gasteiger partial charge >= 0.3 is 52.8 Å². The lowest BCUT2D eigenvalue weighted by Gasteiger charge is -2.33. The number of nitrogens with one attached hydrogen (secondary N) is 5. The van der Waals surface area contributed by atoms with Gasteiger partial charge in [-0.2, -0.15) is 0 Å². The number of carbonyl (C=O) groups excluding carboxylic acids is 5. The van der Waals surface area contributed by atoms with Gasteiger partial charge in [-0.1, -0.05) is 190 Å². The third-order valence-electron chi connectivity index (χ3n) is 17.0. The second-order valence-corrected chi connectivity index (χ2v) is 31.1. The molecule has 580 valence electrons. The summed E-state index contributed by atoms with van der Waals surface area (Å²) in [4.78, 5) is 134. The van der Waals surface area contributed by atoms with Crippen LogP contribution in [-0.4, -0.2) is 84.9 Å². The van der Waals surface area contributed by atoms with Crippen molar-refractivity contribution in [2.24, 2.45) is 13.5 Å². The smallest absolute Gasteiger partial charge is 0.460 e. The van der Waals surface area contributed by atoms with E-state index in [4.69, 9.17) is 40.7 Å². The summed E-state index contributed by atoms with van der Waals surface area (Å²) in [5.41, 5.74) is 1.45. The van der Waals surface area contributed by atoms with Crippen LogP contribution in [0.4, 0.5) is 0 Å². The van der Waals surface area contributed by atoms with Crippen molar-refractivity contribution in [3.63, 3.8) is 0 Å². The number of aliphatic carboxylic acids is 5. The summed E-state index contributed by atoms with van der Waals surface area (Å²) in [6.07, 6.45) is 1.54. The highest BCUT2D eigenvalue weighted by Crippen LogP contribution is 2.78. The summed E-state index contributed by atoms with van der Waals surface area (Å²) in [5.74, 6) is -12.1. The predicted molar refractivity (Wildman–Crippen MR) is 422 cm³/mol. The molecule has 0 aliphatic carbocycles. The first-order valence-corrected chi connectivity index (χ1v) is 39.3. The Morgan fingerprint density at radius 3 is 0.557 bits per heavy atom. The summed E-state index contributed by atoms with van der Waals surface area (Å²) >= 11 is 0. The third kappa shape index (κ3) is 20.3. The zero-order valence-electron chi connectivity index (χ0n) is 59.9. The molecular formula is C83H67N8O21P3. The molecule has 0 saturated heterocycles. The van der Waals surface area contributed by atoms with Crippen LogP contribution in [0.2, 0.25) is 0 Å². The first-order chi connectivity index (χ1) is 55.4. The van der Waals surface area contributed by atoms with Gasteiger partial charge in [-0.05, 0) is 167 Å². The van der Waals surface area contributed by atoms with E-state index in [-0.39, 0.29) is 90.1 Å². The number of hydrogen-bond donors (Lipinski definition) is 10. The number of rotatable bonds is 33. The van der Waals surface area contributed by atoms with Gasteiger partial charge in [0.2, 0.25) is 0 Å². The number of carbonyl (C=O) groups is 10. The molecule has 1 heterocycles. The van der Waals surface area contributed by atoms with Crippen molar-refractivity contribution in [3.05, 3.63) is 365 Å². The highest BCUT2D eigenvalue weighted by molar-refractivity contribution is 7.79. The quantitative estimate of drug-likeness (QED) is 0.0171. The van der Waals surface area contributed by atoms with E-state index in [1.54, 1.807) is 109 Å². The van der Waals surface area contributed by atoms with Crippen LogP contribution in [0.5, 0.6) is 34.5 Å². The average Bonchev–Trinajstić information content (AvgIpc) is 0.728. The standard InChI is InChI=1S/C83H67N8O21P3/c1-2-52-28-40-63(41-29-52)107-113(108-64-42-30-58(31-43-64)74(92)84-69(79(97)98)53-18-8-3-9-19-53)89-114(109-65-44-32-59(33-45-65)75(93)85-70(80(99)100)54-20-10-4-11-21-54,110-66-46-34-60(35-47-66)76(94)86-71(81(101)102)55-22-12-5-13-23-55)91-115(90-113,111-67-48-36-61(37-49-67)77(95)87-72(82(103)104)56-24-14-6-15-25-56)112-68-50-38-62(39-51-68)78(96)88-73(83(105)106)57-26-16-7-17-27-57/h2-51,69-73H,1H2,(H,84,92)(H,85,93)(H,86,94)(H,87,95)(H,88,96)(H,97,98)(H,99,100)(H,101,102)(H,103,104)(H,105,106). The Bertz CT molecular complexity index is 5150. The highest BCUT2D eigenvalue weighted by Gasteiger charge is 2.49. The molecule has 115 heavy (non-hydrogen) atoms. The number of benzene rings is 11. The fraction of sp³-hybridized carbons (Fsp3) is 0.0602. The molecule has 6 unspecified atom stereocenters. The van der Waals surface area contributed by atoms with Gasteiger partial charge in [-0.3, -0.25) is 24.0 Å². The average molecular weight is 1610 g/mol. The Morgan fingerprint density at radius 2 is 0.409 bits per heavy atom. The van der Waals surface area contributed by atoms with Gasteiger partial charge in [0.05, 0.1) is 0 Å². The largest absolute Gasteiger partial charge is 0.479 e. The Hall–Kier alpha value is -14.7. The Labute approximate surface area is 655 Å². The van der Waals surface area contributed by atoms with Crippen molar-refractivity contribution in [1.29, 1.82) is 0 Å². The van der Waals surface area contributed by atoms with Crippen LogP contribution in [0.15, 0.2) is 317 Å². The molecule has 1 aliphatic heterocycles. The molecule has 10 N–H and O–H groups in total. The summed E-state index contributed by atoms with van der Waals surface area (Å²) in [6.45, 7) is 3.88. The fourth-order valence-corrected chi connectivity index (χ4v) is 20.4. The zero-order chi connectivity index (χ0) is 81.2. The van der Waals surface area contributed by atoms with Crippen molar-refractivity contribution in [3.8, 4) is 34.5 Å². The number of hydrogen-bond acceptors (Lipinski definition) is 19. The molecule has 12 rings (SSSR count). The molecule has 0 saturated carbocycles. The molecule has 6 atom stereocenters.